The van der Waals surface area contributed by atoms with E-state index in [0.717, 1.165) is 11.6 Å². The van der Waals surface area contributed by atoms with Crippen LogP contribution in [0.5, 0.6) is 0 Å². The van der Waals surface area contributed by atoms with Crippen molar-refractivity contribution < 1.29 is 14.3 Å². The van der Waals surface area contributed by atoms with Gasteiger partial charge in [-0.2, -0.15) is 5.10 Å². The highest BCUT2D eigenvalue weighted by Gasteiger charge is 2.13. The van der Waals surface area contributed by atoms with E-state index < -0.39 is 11.8 Å². The van der Waals surface area contributed by atoms with E-state index in [1.54, 1.807) is 13.8 Å². The van der Waals surface area contributed by atoms with Gasteiger partial charge in [-0.3, -0.25) is 4.79 Å². The highest BCUT2D eigenvalue weighted by Crippen LogP contribution is 2.15. The van der Waals surface area contributed by atoms with Gasteiger partial charge in [0.1, 0.15) is 5.82 Å². The molecule has 0 saturated carbocycles. The Morgan fingerprint density at radius 3 is 2.70 bits per heavy atom. The van der Waals surface area contributed by atoms with E-state index in [9.17, 15) is 14.0 Å². The summed E-state index contributed by atoms with van der Waals surface area (Å²) in [7, 11) is 0. The first-order valence-electron chi connectivity index (χ1n) is 5.96. The fraction of sp³-hybridized carbons (Fsp3) is 0.214. The fourth-order valence-corrected chi connectivity index (χ4v) is 1.88. The standard InChI is InChI=1S/C14H13FN2O3/c1-7-8(2)13(18)17-16-12(7)6-9-3-4-11(15)10(5-9)14(19)20/h3-5H,6H2,1-2H3,(H,17,18)(H,19,20). The van der Waals surface area contributed by atoms with Crippen LogP contribution < -0.4 is 5.56 Å². The van der Waals surface area contributed by atoms with Gasteiger partial charge in [-0.15, -0.1) is 0 Å². The van der Waals surface area contributed by atoms with Crippen molar-refractivity contribution in [2.24, 2.45) is 0 Å². The molecule has 0 bridgehead atoms. The van der Waals surface area contributed by atoms with Crippen LogP contribution in [0.15, 0.2) is 23.0 Å². The van der Waals surface area contributed by atoms with Crippen molar-refractivity contribution in [2.45, 2.75) is 20.3 Å². The van der Waals surface area contributed by atoms with Gasteiger partial charge < -0.3 is 5.11 Å². The molecule has 0 aliphatic carbocycles. The normalized spacial score (nSPS) is 10.6. The van der Waals surface area contributed by atoms with Gasteiger partial charge in [-0.25, -0.2) is 14.3 Å². The third-order valence-electron chi connectivity index (χ3n) is 3.26. The molecule has 0 radical (unpaired) electrons. The molecule has 0 aliphatic heterocycles. The van der Waals surface area contributed by atoms with Crippen LogP contribution >= 0.6 is 0 Å². The monoisotopic (exact) mass is 276 g/mol. The van der Waals surface area contributed by atoms with E-state index in [1.807, 2.05) is 0 Å². The van der Waals surface area contributed by atoms with Crippen LogP contribution in [0.3, 0.4) is 0 Å². The lowest BCUT2D eigenvalue weighted by molar-refractivity contribution is 0.0691. The molecule has 20 heavy (non-hydrogen) atoms. The number of H-pyrrole nitrogens is 1. The quantitative estimate of drug-likeness (QED) is 0.895. The largest absolute Gasteiger partial charge is 0.478 e. The van der Waals surface area contributed by atoms with Crippen molar-refractivity contribution >= 4 is 5.97 Å². The number of aromatic carboxylic acids is 1. The van der Waals surface area contributed by atoms with Crippen molar-refractivity contribution in [3.63, 3.8) is 0 Å². The molecule has 104 valence electrons. The smallest absolute Gasteiger partial charge is 0.338 e. The number of nitrogens with one attached hydrogen (secondary N) is 1. The topological polar surface area (TPSA) is 83.0 Å². The fourth-order valence-electron chi connectivity index (χ4n) is 1.88. The number of aromatic amines is 1. The van der Waals surface area contributed by atoms with Crippen LogP contribution in [0.1, 0.15) is 32.7 Å². The zero-order valence-corrected chi connectivity index (χ0v) is 11.0. The molecule has 2 rings (SSSR count). The average molecular weight is 276 g/mol. The van der Waals surface area contributed by atoms with Crippen LogP contribution in [0.2, 0.25) is 0 Å². The Labute approximate surface area is 114 Å². The summed E-state index contributed by atoms with van der Waals surface area (Å²) < 4.78 is 13.3. The van der Waals surface area contributed by atoms with Gasteiger partial charge in [-0.1, -0.05) is 6.07 Å². The summed E-state index contributed by atoms with van der Waals surface area (Å²) in [5.41, 5.74) is 1.93. The number of carboxylic acids is 1. The maximum absolute atomic E-state index is 13.3. The second-order valence-electron chi connectivity index (χ2n) is 4.55. The maximum Gasteiger partial charge on any atom is 0.338 e. The van der Waals surface area contributed by atoms with Crippen molar-refractivity contribution in [3.05, 3.63) is 62.3 Å². The number of carbonyl (C=O) groups is 1. The first kappa shape index (κ1) is 13.9. The molecular weight excluding hydrogens is 263 g/mol. The molecule has 2 N–H and O–H groups in total. The maximum atomic E-state index is 13.3. The highest BCUT2D eigenvalue weighted by atomic mass is 19.1. The Hall–Kier alpha value is -2.50. The van der Waals surface area contributed by atoms with Crippen molar-refractivity contribution in [2.75, 3.05) is 0 Å². The van der Waals surface area contributed by atoms with Gasteiger partial charge in [0.2, 0.25) is 0 Å². The Morgan fingerprint density at radius 1 is 1.35 bits per heavy atom. The summed E-state index contributed by atoms with van der Waals surface area (Å²) in [6.45, 7) is 3.46. The lowest BCUT2D eigenvalue weighted by Crippen LogP contribution is -2.16. The van der Waals surface area contributed by atoms with E-state index in [0.29, 0.717) is 23.2 Å². The van der Waals surface area contributed by atoms with E-state index in [1.165, 1.54) is 12.1 Å². The zero-order chi connectivity index (χ0) is 14.9. The van der Waals surface area contributed by atoms with E-state index in [4.69, 9.17) is 5.11 Å². The summed E-state index contributed by atoms with van der Waals surface area (Å²) in [6, 6.07) is 3.90. The van der Waals surface area contributed by atoms with Crippen LogP contribution in [-0.2, 0) is 6.42 Å². The molecular formula is C14H13FN2O3. The van der Waals surface area contributed by atoms with E-state index in [-0.39, 0.29) is 11.1 Å². The van der Waals surface area contributed by atoms with Gasteiger partial charge in [0.25, 0.3) is 5.56 Å². The molecule has 0 saturated heterocycles. The minimum Gasteiger partial charge on any atom is -0.478 e. The molecule has 0 atom stereocenters. The minimum absolute atomic E-state index is 0.253. The van der Waals surface area contributed by atoms with E-state index in [2.05, 4.69) is 10.2 Å². The number of rotatable bonds is 3. The summed E-state index contributed by atoms with van der Waals surface area (Å²) in [5.74, 6) is -2.09. The number of halogens is 1. The third-order valence-corrected chi connectivity index (χ3v) is 3.26. The summed E-state index contributed by atoms with van der Waals surface area (Å²) in [5, 5.41) is 15.2. The molecule has 0 unspecified atom stereocenters. The Kier molecular flexibility index (Phi) is 3.65. The van der Waals surface area contributed by atoms with Crippen molar-refractivity contribution in [1.29, 1.82) is 0 Å². The van der Waals surface area contributed by atoms with Gasteiger partial charge >= 0.3 is 5.97 Å². The lowest BCUT2D eigenvalue weighted by atomic mass is 10.0. The molecule has 0 aliphatic rings. The predicted octanol–water partition coefficient (Wildman–Crippen LogP) is 1.81. The summed E-state index contributed by atoms with van der Waals surface area (Å²) >= 11 is 0. The number of carboxylic acid groups (broad SMARTS) is 1. The minimum atomic E-state index is -1.31. The van der Waals surface area contributed by atoms with Gasteiger partial charge in [0.05, 0.1) is 11.3 Å². The van der Waals surface area contributed by atoms with Gasteiger partial charge in [0.15, 0.2) is 0 Å². The molecule has 0 amide bonds. The second kappa shape index (κ2) is 5.24. The van der Waals surface area contributed by atoms with Gasteiger partial charge in [0, 0.05) is 12.0 Å². The molecule has 0 spiro atoms. The lowest BCUT2D eigenvalue weighted by Gasteiger charge is -2.07. The Balaban J connectivity index is 2.41. The van der Waals surface area contributed by atoms with E-state index >= 15 is 0 Å². The first-order chi connectivity index (χ1) is 9.40. The Morgan fingerprint density at radius 2 is 2.05 bits per heavy atom. The molecule has 1 aromatic heterocycles. The molecule has 2 aromatic rings. The number of benzene rings is 1. The first-order valence-corrected chi connectivity index (χ1v) is 5.96. The van der Waals surface area contributed by atoms with Crippen LogP contribution in [-0.4, -0.2) is 21.3 Å². The number of hydrogen-bond acceptors (Lipinski definition) is 3. The summed E-state index contributed by atoms with van der Waals surface area (Å²) in [6.07, 6.45) is 0.323. The predicted molar refractivity (Wildman–Crippen MR) is 70.5 cm³/mol. The van der Waals surface area contributed by atoms with Crippen LogP contribution in [0.25, 0.3) is 0 Å². The second-order valence-corrected chi connectivity index (χ2v) is 4.55. The van der Waals surface area contributed by atoms with Crippen molar-refractivity contribution in [1.82, 2.24) is 10.2 Å². The molecule has 1 aromatic carbocycles. The van der Waals surface area contributed by atoms with Gasteiger partial charge in [-0.05, 0) is 37.1 Å². The number of hydrogen-bond donors (Lipinski definition) is 2. The van der Waals surface area contributed by atoms with Crippen molar-refractivity contribution in [3.8, 4) is 0 Å². The SMILES string of the molecule is Cc1c(Cc2ccc(F)c(C(=O)O)c2)n[nH]c(=O)c1C. The molecule has 5 nitrogen and oxygen atoms in total. The molecule has 6 heteroatoms. The van der Waals surface area contributed by atoms with Crippen LogP contribution in [0, 0.1) is 19.7 Å². The number of aromatic nitrogens is 2. The molecule has 0 fully saturated rings. The number of nitrogens with zero attached hydrogens (tertiary/aromatic N) is 1. The summed E-state index contributed by atoms with van der Waals surface area (Å²) in [4.78, 5) is 22.3. The zero-order valence-electron chi connectivity index (χ0n) is 11.0. The Bertz CT molecular complexity index is 738. The molecule has 1 heterocycles. The average Bonchev–Trinajstić information content (AvgIpc) is 2.41. The highest BCUT2D eigenvalue weighted by molar-refractivity contribution is 5.88. The third kappa shape index (κ3) is 2.59. The van der Waals surface area contributed by atoms with Crippen LogP contribution in [0.4, 0.5) is 4.39 Å².